The lowest BCUT2D eigenvalue weighted by molar-refractivity contribution is 0.0603. The molecule has 1 aliphatic heterocycles. The number of benzene rings is 1. The van der Waals surface area contributed by atoms with Crippen LogP contribution in [0.4, 0.5) is 0 Å². The van der Waals surface area contributed by atoms with Gasteiger partial charge in [-0.25, -0.2) is 4.98 Å². The van der Waals surface area contributed by atoms with Crippen LogP contribution in [0.5, 0.6) is 5.75 Å². The largest absolute Gasteiger partial charge is 0.497 e. The summed E-state index contributed by atoms with van der Waals surface area (Å²) in [4.78, 5) is 9.38. The van der Waals surface area contributed by atoms with Crippen LogP contribution >= 0.6 is 0 Å². The Hall–Kier alpha value is -1.89. The van der Waals surface area contributed by atoms with E-state index in [1.807, 2.05) is 24.3 Å². The average molecular weight is 345 g/mol. The van der Waals surface area contributed by atoms with E-state index in [2.05, 4.69) is 21.7 Å². The SMILES string of the molecule is CCC(CO)N1CCN(Cc2coc(-c3ccc(OC)cc3)n2)CC1. The number of oxazole rings is 1. The molecule has 1 N–H and O–H groups in total. The maximum atomic E-state index is 9.44. The molecule has 1 unspecified atom stereocenters. The zero-order valence-electron chi connectivity index (χ0n) is 15.0. The number of rotatable bonds is 7. The number of piperazine rings is 1. The van der Waals surface area contributed by atoms with Gasteiger partial charge in [-0.3, -0.25) is 9.80 Å². The molecule has 0 spiro atoms. The number of aliphatic hydroxyl groups is 1. The first-order chi connectivity index (χ1) is 12.2. The van der Waals surface area contributed by atoms with Crippen LogP contribution in [0.25, 0.3) is 11.5 Å². The number of hydrogen-bond donors (Lipinski definition) is 1. The Morgan fingerprint density at radius 3 is 2.52 bits per heavy atom. The Bertz CT molecular complexity index is 644. The molecule has 2 heterocycles. The third kappa shape index (κ3) is 4.39. The average Bonchev–Trinajstić information content (AvgIpc) is 3.12. The van der Waals surface area contributed by atoms with Gasteiger partial charge in [0.05, 0.1) is 19.4 Å². The van der Waals surface area contributed by atoms with E-state index in [-0.39, 0.29) is 12.6 Å². The second-order valence-corrected chi connectivity index (χ2v) is 6.43. The number of ether oxygens (including phenoxy) is 1. The molecule has 6 heteroatoms. The summed E-state index contributed by atoms with van der Waals surface area (Å²) in [5.74, 6) is 1.46. The second-order valence-electron chi connectivity index (χ2n) is 6.43. The van der Waals surface area contributed by atoms with Gasteiger partial charge < -0.3 is 14.3 Å². The molecule has 3 rings (SSSR count). The van der Waals surface area contributed by atoms with E-state index in [1.54, 1.807) is 13.4 Å². The highest BCUT2D eigenvalue weighted by Gasteiger charge is 2.22. The maximum absolute atomic E-state index is 9.44. The van der Waals surface area contributed by atoms with Crippen molar-refractivity contribution in [3.8, 4) is 17.2 Å². The molecule has 1 saturated heterocycles. The van der Waals surface area contributed by atoms with Gasteiger partial charge in [0.2, 0.25) is 5.89 Å². The lowest BCUT2D eigenvalue weighted by Crippen LogP contribution is -2.50. The molecule has 0 saturated carbocycles. The molecule has 25 heavy (non-hydrogen) atoms. The molecule has 0 aliphatic carbocycles. The Balaban J connectivity index is 1.55. The van der Waals surface area contributed by atoms with Gasteiger partial charge in [0.15, 0.2) is 0 Å². The highest BCUT2D eigenvalue weighted by Crippen LogP contribution is 2.22. The molecule has 0 amide bonds. The molecule has 0 radical (unpaired) electrons. The molecule has 1 fully saturated rings. The van der Waals surface area contributed by atoms with Crippen LogP contribution < -0.4 is 4.74 Å². The van der Waals surface area contributed by atoms with Gasteiger partial charge in [0.25, 0.3) is 0 Å². The number of hydrogen-bond acceptors (Lipinski definition) is 6. The van der Waals surface area contributed by atoms with E-state index in [4.69, 9.17) is 9.15 Å². The summed E-state index contributed by atoms with van der Waals surface area (Å²) < 4.78 is 10.8. The first-order valence-corrected chi connectivity index (χ1v) is 8.89. The van der Waals surface area contributed by atoms with Crippen LogP contribution in [-0.4, -0.2) is 65.8 Å². The molecule has 136 valence electrons. The van der Waals surface area contributed by atoms with Gasteiger partial charge in [-0.05, 0) is 30.7 Å². The summed E-state index contributed by atoms with van der Waals surface area (Å²) in [7, 11) is 1.65. The molecule has 6 nitrogen and oxygen atoms in total. The Morgan fingerprint density at radius 1 is 1.20 bits per heavy atom. The minimum absolute atomic E-state index is 0.241. The standard InChI is InChI=1S/C19H27N3O3/c1-3-17(13-23)22-10-8-21(9-11-22)12-16-14-25-19(20-16)15-4-6-18(24-2)7-5-15/h4-7,14,17,23H,3,8-13H2,1-2H3. The fourth-order valence-electron chi connectivity index (χ4n) is 3.26. The third-order valence-corrected chi connectivity index (χ3v) is 4.88. The molecule has 1 atom stereocenters. The third-order valence-electron chi connectivity index (χ3n) is 4.88. The van der Waals surface area contributed by atoms with Crippen molar-refractivity contribution in [2.75, 3.05) is 39.9 Å². The first-order valence-electron chi connectivity index (χ1n) is 8.89. The van der Waals surface area contributed by atoms with E-state index in [0.29, 0.717) is 5.89 Å². The lowest BCUT2D eigenvalue weighted by atomic mass is 10.1. The van der Waals surface area contributed by atoms with E-state index in [1.165, 1.54) is 0 Å². The highest BCUT2D eigenvalue weighted by molar-refractivity contribution is 5.54. The summed E-state index contributed by atoms with van der Waals surface area (Å²) in [6.07, 6.45) is 2.74. The topological polar surface area (TPSA) is 62.0 Å². The molecular weight excluding hydrogens is 318 g/mol. The van der Waals surface area contributed by atoms with Crippen LogP contribution in [0.15, 0.2) is 34.9 Å². The van der Waals surface area contributed by atoms with Gasteiger partial charge in [0, 0.05) is 44.3 Å². The van der Waals surface area contributed by atoms with Crippen LogP contribution in [0.1, 0.15) is 19.0 Å². The number of methoxy groups -OCH3 is 1. The number of nitrogens with zero attached hydrogens (tertiary/aromatic N) is 3. The Morgan fingerprint density at radius 2 is 1.92 bits per heavy atom. The molecule has 1 aromatic carbocycles. The zero-order valence-corrected chi connectivity index (χ0v) is 15.0. The molecule has 1 aliphatic rings. The van der Waals surface area contributed by atoms with Crippen LogP contribution in [0, 0.1) is 0 Å². The predicted octanol–water partition coefficient (Wildman–Crippen LogP) is 2.24. The summed E-state index contributed by atoms with van der Waals surface area (Å²) in [5, 5.41) is 9.44. The number of aromatic nitrogens is 1. The minimum Gasteiger partial charge on any atom is -0.497 e. The van der Waals surface area contributed by atoms with Crippen molar-refractivity contribution in [1.29, 1.82) is 0 Å². The van der Waals surface area contributed by atoms with Crippen LogP contribution in [0.2, 0.25) is 0 Å². The molecule has 0 bridgehead atoms. The smallest absolute Gasteiger partial charge is 0.226 e. The minimum atomic E-state index is 0.241. The van der Waals surface area contributed by atoms with Crippen molar-refractivity contribution >= 4 is 0 Å². The van der Waals surface area contributed by atoms with Crippen molar-refractivity contribution in [3.63, 3.8) is 0 Å². The normalized spacial score (nSPS) is 17.6. The van der Waals surface area contributed by atoms with Gasteiger partial charge in [0.1, 0.15) is 12.0 Å². The van der Waals surface area contributed by atoms with Gasteiger partial charge in [-0.1, -0.05) is 6.92 Å². The fraction of sp³-hybridized carbons (Fsp3) is 0.526. The van der Waals surface area contributed by atoms with E-state index < -0.39 is 0 Å². The predicted molar refractivity (Wildman–Crippen MR) is 96.5 cm³/mol. The van der Waals surface area contributed by atoms with Crippen molar-refractivity contribution in [1.82, 2.24) is 14.8 Å². The van der Waals surface area contributed by atoms with E-state index >= 15 is 0 Å². The quantitative estimate of drug-likeness (QED) is 0.830. The van der Waals surface area contributed by atoms with Crippen LogP contribution in [-0.2, 0) is 6.54 Å². The van der Waals surface area contributed by atoms with Gasteiger partial charge in [-0.15, -0.1) is 0 Å². The Labute approximate surface area is 149 Å². The van der Waals surface area contributed by atoms with Crippen molar-refractivity contribution in [2.45, 2.75) is 25.9 Å². The van der Waals surface area contributed by atoms with Gasteiger partial charge in [-0.2, -0.15) is 0 Å². The van der Waals surface area contributed by atoms with Crippen LogP contribution in [0.3, 0.4) is 0 Å². The summed E-state index contributed by atoms with van der Waals surface area (Å²) >= 11 is 0. The monoisotopic (exact) mass is 345 g/mol. The lowest BCUT2D eigenvalue weighted by Gasteiger charge is -2.38. The summed E-state index contributed by atoms with van der Waals surface area (Å²) in [5.41, 5.74) is 1.90. The highest BCUT2D eigenvalue weighted by atomic mass is 16.5. The maximum Gasteiger partial charge on any atom is 0.226 e. The van der Waals surface area contributed by atoms with Crippen molar-refractivity contribution < 1.29 is 14.3 Å². The fourth-order valence-corrected chi connectivity index (χ4v) is 3.26. The number of aliphatic hydroxyl groups excluding tert-OH is 1. The summed E-state index contributed by atoms with van der Waals surface area (Å²) in [6.45, 7) is 7.12. The van der Waals surface area contributed by atoms with Gasteiger partial charge >= 0.3 is 0 Å². The molecular formula is C19H27N3O3. The van der Waals surface area contributed by atoms with Crippen molar-refractivity contribution in [3.05, 3.63) is 36.2 Å². The molecule has 2 aromatic rings. The first kappa shape index (κ1) is 17.9. The Kier molecular flexibility index (Phi) is 6.07. The van der Waals surface area contributed by atoms with Crippen molar-refractivity contribution in [2.24, 2.45) is 0 Å². The zero-order chi connectivity index (χ0) is 17.6. The molecule has 1 aromatic heterocycles. The summed E-state index contributed by atoms with van der Waals surface area (Å²) in [6, 6.07) is 8.00. The van der Waals surface area contributed by atoms with E-state index in [9.17, 15) is 5.11 Å². The second kappa shape index (κ2) is 8.47. The van der Waals surface area contributed by atoms with E-state index in [0.717, 1.165) is 56.2 Å².